The van der Waals surface area contributed by atoms with Gasteiger partial charge in [0.05, 0.1) is 30.9 Å². The number of rotatable bonds is 7. The van der Waals surface area contributed by atoms with Crippen LogP contribution in [0.5, 0.6) is 0 Å². The summed E-state index contributed by atoms with van der Waals surface area (Å²) in [6.45, 7) is 7.85. The van der Waals surface area contributed by atoms with Gasteiger partial charge in [-0.25, -0.2) is 18.9 Å². The summed E-state index contributed by atoms with van der Waals surface area (Å²) in [4.78, 5) is 30.8. The molecule has 0 aliphatic carbocycles. The zero-order chi connectivity index (χ0) is 29.6. The number of hydrogen-bond donors (Lipinski definition) is 1. The maximum atomic E-state index is 13.5. The summed E-state index contributed by atoms with van der Waals surface area (Å²) >= 11 is 1.27. The van der Waals surface area contributed by atoms with Gasteiger partial charge in [-0.2, -0.15) is 10.4 Å². The molecule has 1 N–H and O–H groups in total. The number of amides is 1. The number of aryl methyl sites for hydroxylation is 1. The monoisotopic (exact) mass is 605 g/mol. The third kappa shape index (κ3) is 5.90. The van der Waals surface area contributed by atoms with Crippen molar-refractivity contribution in [3.63, 3.8) is 0 Å². The molecule has 1 aromatic carbocycles. The Labute approximate surface area is 254 Å². The Morgan fingerprint density at radius 3 is 2.49 bits per heavy atom. The molecule has 0 unspecified atom stereocenters. The second-order valence-electron chi connectivity index (χ2n) is 11.1. The largest absolute Gasteiger partial charge is 0.386 e. The molecular formula is C30H36FN9O2S. The molecule has 0 spiro atoms. The lowest BCUT2D eigenvalue weighted by Gasteiger charge is -2.45. The lowest BCUT2D eigenvalue weighted by atomic mass is 9.97. The summed E-state index contributed by atoms with van der Waals surface area (Å²) in [7, 11) is 1.90. The number of carbonyl (C=O) groups is 1. The van der Waals surface area contributed by atoms with Crippen LogP contribution in [0, 0.1) is 17.1 Å². The van der Waals surface area contributed by atoms with Crippen LogP contribution in [-0.2, 0) is 11.2 Å². The number of aliphatic hydroxyl groups is 1. The molecule has 2 aliphatic rings. The van der Waals surface area contributed by atoms with Crippen molar-refractivity contribution in [3.05, 3.63) is 52.9 Å². The number of halogens is 1. The lowest BCUT2D eigenvalue weighted by Crippen LogP contribution is -2.63. The van der Waals surface area contributed by atoms with Gasteiger partial charge < -0.3 is 19.8 Å². The van der Waals surface area contributed by atoms with E-state index >= 15 is 0 Å². The quantitative estimate of drug-likeness (QED) is 0.338. The van der Waals surface area contributed by atoms with Gasteiger partial charge in [-0.1, -0.05) is 25.7 Å². The van der Waals surface area contributed by atoms with Gasteiger partial charge in [0.25, 0.3) is 0 Å². The first-order valence-electron chi connectivity index (χ1n) is 13.9. The van der Waals surface area contributed by atoms with Crippen LogP contribution in [0.4, 0.5) is 21.0 Å². The van der Waals surface area contributed by atoms with Crippen LogP contribution in [0.15, 0.2) is 36.5 Å². The molecule has 1 amide bonds. The minimum atomic E-state index is -0.765. The predicted octanol–water partition coefficient (Wildman–Crippen LogP) is 3.55. The maximum absolute atomic E-state index is 13.5. The van der Waals surface area contributed by atoms with E-state index in [0.717, 1.165) is 43.4 Å². The van der Waals surface area contributed by atoms with Gasteiger partial charge in [0.15, 0.2) is 10.8 Å². The highest BCUT2D eigenvalue weighted by atomic mass is 32.1. The summed E-state index contributed by atoms with van der Waals surface area (Å²) in [5.41, 5.74) is 2.79. The Kier molecular flexibility index (Phi) is 8.38. The fraction of sp³-hybridized carbons (Fsp3) is 0.433. The van der Waals surface area contributed by atoms with Gasteiger partial charge in [0, 0.05) is 45.0 Å². The second-order valence-corrected chi connectivity index (χ2v) is 12.0. The van der Waals surface area contributed by atoms with Gasteiger partial charge in [-0.05, 0) is 43.7 Å². The van der Waals surface area contributed by atoms with Crippen LogP contribution in [0.2, 0.25) is 0 Å². The average molecular weight is 606 g/mol. The SMILES string of the molecule is C.CCc1nn2ccc(N3CCN(CC(=O)N4CC(C)(O)C4)CC3)nc2c1N(C)c1nc(-c2ccc(F)cc2)c(C#N)s1. The molecule has 11 nitrogen and oxygen atoms in total. The van der Waals surface area contributed by atoms with Crippen molar-refractivity contribution in [1.29, 1.82) is 5.26 Å². The van der Waals surface area contributed by atoms with Gasteiger partial charge in [0.2, 0.25) is 5.91 Å². The van der Waals surface area contributed by atoms with Gasteiger partial charge in [-0.3, -0.25) is 9.69 Å². The number of fused-ring (bicyclic) bond motifs is 1. The third-order valence-electron chi connectivity index (χ3n) is 7.78. The van der Waals surface area contributed by atoms with Crippen LogP contribution < -0.4 is 9.80 Å². The van der Waals surface area contributed by atoms with E-state index in [1.54, 1.807) is 28.5 Å². The summed E-state index contributed by atoms with van der Waals surface area (Å²) in [6.07, 6.45) is 2.59. The molecule has 0 radical (unpaired) electrons. The lowest BCUT2D eigenvalue weighted by molar-refractivity contribution is -0.153. The Balaban J connectivity index is 0.00000368. The van der Waals surface area contributed by atoms with E-state index in [1.807, 2.05) is 31.1 Å². The molecule has 0 bridgehead atoms. The topological polar surface area (TPSA) is 117 Å². The maximum Gasteiger partial charge on any atom is 0.236 e. The van der Waals surface area contributed by atoms with E-state index < -0.39 is 5.60 Å². The highest BCUT2D eigenvalue weighted by molar-refractivity contribution is 7.16. The van der Waals surface area contributed by atoms with Crippen molar-refractivity contribution < 1.29 is 14.3 Å². The van der Waals surface area contributed by atoms with Gasteiger partial charge in [-0.15, -0.1) is 0 Å². The van der Waals surface area contributed by atoms with E-state index in [1.165, 1.54) is 23.5 Å². The highest BCUT2D eigenvalue weighted by Gasteiger charge is 2.39. The van der Waals surface area contributed by atoms with Crippen LogP contribution in [0.1, 0.15) is 31.8 Å². The molecule has 2 aliphatic heterocycles. The molecular weight excluding hydrogens is 569 g/mol. The standard InChI is InChI=1S/C29H32FN9O2S.CH4/c1-4-21-26(35(3)28-33-25(22(15-31)42-28)19-5-7-20(30)8-6-19)27-32-23(9-10-39(27)34-21)37-13-11-36(12-14-37)16-24(40)38-17-29(2,41)18-38;/h5-10,41H,4,11-14,16-18H2,1-3H3;1H4. The smallest absolute Gasteiger partial charge is 0.236 e. The molecule has 43 heavy (non-hydrogen) atoms. The number of aromatic nitrogens is 4. The summed E-state index contributed by atoms with van der Waals surface area (Å²) in [6, 6.07) is 10.2. The van der Waals surface area contributed by atoms with Crippen LogP contribution >= 0.6 is 11.3 Å². The molecule has 0 atom stereocenters. The molecule has 13 heteroatoms. The van der Waals surface area contributed by atoms with Crippen molar-refractivity contribution in [2.45, 2.75) is 33.3 Å². The predicted molar refractivity (Wildman–Crippen MR) is 165 cm³/mol. The molecule has 3 aromatic heterocycles. The van der Waals surface area contributed by atoms with Crippen molar-refractivity contribution >= 4 is 39.5 Å². The molecule has 2 fully saturated rings. The molecule has 6 rings (SSSR count). The summed E-state index contributed by atoms with van der Waals surface area (Å²) in [5, 5.41) is 25.1. The normalized spacial score (nSPS) is 16.5. The zero-order valence-corrected chi connectivity index (χ0v) is 24.6. The summed E-state index contributed by atoms with van der Waals surface area (Å²) in [5.74, 6) is 0.536. The Morgan fingerprint density at radius 2 is 1.86 bits per heavy atom. The van der Waals surface area contributed by atoms with E-state index in [2.05, 4.69) is 15.9 Å². The fourth-order valence-electron chi connectivity index (χ4n) is 5.52. The first-order valence-corrected chi connectivity index (χ1v) is 14.7. The second kappa shape index (κ2) is 11.9. The molecule has 0 saturated carbocycles. The van der Waals surface area contributed by atoms with Crippen LogP contribution in [0.25, 0.3) is 16.9 Å². The molecule has 226 valence electrons. The highest BCUT2D eigenvalue weighted by Crippen LogP contribution is 2.38. The van der Waals surface area contributed by atoms with E-state index in [4.69, 9.17) is 15.1 Å². The number of nitrogens with zero attached hydrogens (tertiary/aromatic N) is 9. The Morgan fingerprint density at radius 1 is 1.16 bits per heavy atom. The molecule has 5 heterocycles. The summed E-state index contributed by atoms with van der Waals surface area (Å²) < 4.78 is 15.3. The number of nitriles is 1. The average Bonchev–Trinajstić information content (AvgIpc) is 3.57. The van der Waals surface area contributed by atoms with Crippen molar-refractivity contribution in [1.82, 2.24) is 29.4 Å². The Hall–Kier alpha value is -4.12. The van der Waals surface area contributed by atoms with Crippen molar-refractivity contribution in [2.24, 2.45) is 0 Å². The number of benzene rings is 1. The molecule has 2 saturated heterocycles. The number of thiazole rings is 1. The first-order chi connectivity index (χ1) is 20.2. The fourth-order valence-corrected chi connectivity index (χ4v) is 6.37. The van der Waals surface area contributed by atoms with Crippen molar-refractivity contribution in [3.8, 4) is 17.3 Å². The number of anilines is 3. The zero-order valence-electron chi connectivity index (χ0n) is 23.8. The minimum absolute atomic E-state index is 0. The number of carbonyl (C=O) groups excluding carboxylic acids is 1. The van der Waals surface area contributed by atoms with Crippen molar-refractivity contribution in [2.75, 3.05) is 62.7 Å². The van der Waals surface area contributed by atoms with E-state index in [-0.39, 0.29) is 19.2 Å². The molecule has 4 aromatic rings. The number of β-amino-alcohol motifs (C(OH)–C–C–N with tert-alkyl or cyclic N) is 1. The number of piperazine rings is 1. The van der Waals surface area contributed by atoms with Gasteiger partial charge in [0.1, 0.15) is 34.0 Å². The van der Waals surface area contributed by atoms with E-state index in [9.17, 15) is 19.6 Å². The van der Waals surface area contributed by atoms with Crippen LogP contribution in [-0.4, -0.2) is 98.9 Å². The first kappa shape index (κ1) is 30.3. The number of likely N-dealkylation sites (tertiary alicyclic amines) is 1. The van der Waals surface area contributed by atoms with Gasteiger partial charge >= 0.3 is 0 Å². The Bertz CT molecular complexity index is 1660. The third-order valence-corrected chi connectivity index (χ3v) is 8.82. The number of hydrogen-bond acceptors (Lipinski definition) is 10. The van der Waals surface area contributed by atoms with Crippen LogP contribution in [0.3, 0.4) is 0 Å². The van der Waals surface area contributed by atoms with E-state index in [0.29, 0.717) is 53.0 Å². The minimum Gasteiger partial charge on any atom is -0.386 e.